The van der Waals surface area contributed by atoms with Gasteiger partial charge in [0.1, 0.15) is 10.7 Å². The quantitative estimate of drug-likeness (QED) is 0.871. The van der Waals surface area contributed by atoms with Gasteiger partial charge in [-0.3, -0.25) is 4.79 Å². The van der Waals surface area contributed by atoms with E-state index in [1.54, 1.807) is 0 Å². The molecular weight excluding hydrogens is 328 g/mol. The standard InChI is InChI=1S/C7H9FN2O.C4HCl2NOS/c1-11-7-5(3-9)2-6(8)4-10-7;5-3-2(1-8)9-4(6)7-3/h2,4H,3,9H2,1H3;1H. The number of methoxy groups -OCH3 is 1. The minimum absolute atomic E-state index is 0.181. The number of aldehydes is 1. The molecule has 0 aromatic carbocycles. The molecule has 0 fully saturated rings. The van der Waals surface area contributed by atoms with Crippen LogP contribution < -0.4 is 10.5 Å². The Balaban J connectivity index is 0.000000204. The molecule has 0 amide bonds. The molecule has 5 nitrogen and oxygen atoms in total. The summed E-state index contributed by atoms with van der Waals surface area (Å²) in [6, 6.07) is 1.31. The predicted molar refractivity (Wildman–Crippen MR) is 76.2 cm³/mol. The van der Waals surface area contributed by atoms with Crippen LogP contribution in [0.2, 0.25) is 9.62 Å². The van der Waals surface area contributed by atoms with E-state index in [0.29, 0.717) is 27.1 Å². The van der Waals surface area contributed by atoms with E-state index in [-0.39, 0.29) is 11.7 Å². The number of carbonyl (C=O) groups is 1. The Labute approximate surface area is 128 Å². The van der Waals surface area contributed by atoms with Gasteiger partial charge in [0.15, 0.2) is 15.9 Å². The molecule has 2 N–H and O–H groups in total. The van der Waals surface area contributed by atoms with Gasteiger partial charge in [-0.05, 0) is 6.07 Å². The highest BCUT2D eigenvalue weighted by molar-refractivity contribution is 7.17. The van der Waals surface area contributed by atoms with Crippen molar-refractivity contribution in [3.05, 3.63) is 38.1 Å². The first-order valence-electron chi connectivity index (χ1n) is 5.17. The van der Waals surface area contributed by atoms with E-state index in [4.69, 9.17) is 33.7 Å². The maximum atomic E-state index is 12.5. The van der Waals surface area contributed by atoms with Crippen LogP contribution in [-0.4, -0.2) is 23.4 Å². The van der Waals surface area contributed by atoms with Gasteiger partial charge >= 0.3 is 0 Å². The van der Waals surface area contributed by atoms with Crippen molar-refractivity contribution in [1.29, 1.82) is 0 Å². The van der Waals surface area contributed by atoms with Crippen molar-refractivity contribution in [2.45, 2.75) is 6.54 Å². The molecule has 0 unspecified atom stereocenters. The lowest BCUT2D eigenvalue weighted by molar-refractivity contribution is 0.112. The largest absolute Gasteiger partial charge is 0.481 e. The zero-order valence-corrected chi connectivity index (χ0v) is 12.6. The molecule has 0 aliphatic carbocycles. The molecule has 2 rings (SSSR count). The smallest absolute Gasteiger partial charge is 0.217 e. The van der Waals surface area contributed by atoms with Crippen molar-refractivity contribution in [3.8, 4) is 5.88 Å². The summed E-state index contributed by atoms with van der Waals surface area (Å²) < 4.78 is 17.6. The van der Waals surface area contributed by atoms with Crippen LogP contribution in [0.3, 0.4) is 0 Å². The Hall–Kier alpha value is -1.28. The van der Waals surface area contributed by atoms with Gasteiger partial charge in [-0.25, -0.2) is 14.4 Å². The van der Waals surface area contributed by atoms with Gasteiger partial charge < -0.3 is 10.5 Å². The van der Waals surface area contributed by atoms with Crippen molar-refractivity contribution in [3.63, 3.8) is 0 Å². The molecule has 9 heteroatoms. The van der Waals surface area contributed by atoms with Crippen molar-refractivity contribution >= 4 is 40.8 Å². The van der Waals surface area contributed by atoms with Crippen LogP contribution in [0.15, 0.2) is 12.3 Å². The molecule has 0 aliphatic rings. The molecule has 2 heterocycles. The highest BCUT2D eigenvalue weighted by atomic mass is 35.5. The predicted octanol–water partition coefficient (Wildman–Crippen LogP) is 2.95. The van der Waals surface area contributed by atoms with Gasteiger partial charge in [0.25, 0.3) is 0 Å². The first-order valence-corrected chi connectivity index (χ1v) is 6.74. The van der Waals surface area contributed by atoms with Gasteiger partial charge in [0.05, 0.1) is 13.3 Å². The van der Waals surface area contributed by atoms with Gasteiger partial charge in [0, 0.05) is 12.1 Å². The van der Waals surface area contributed by atoms with Crippen LogP contribution in [0, 0.1) is 5.82 Å². The summed E-state index contributed by atoms with van der Waals surface area (Å²) in [6.07, 6.45) is 1.73. The van der Waals surface area contributed by atoms with Gasteiger partial charge in [-0.15, -0.1) is 0 Å². The maximum absolute atomic E-state index is 12.5. The van der Waals surface area contributed by atoms with E-state index in [0.717, 1.165) is 17.5 Å². The van der Waals surface area contributed by atoms with E-state index in [1.165, 1.54) is 13.2 Å². The fourth-order valence-corrected chi connectivity index (χ4v) is 2.33. The number of nitrogens with zero attached hydrogens (tertiary/aromatic N) is 2. The molecule has 0 bridgehead atoms. The Morgan fingerprint density at radius 3 is 2.65 bits per heavy atom. The molecule has 0 saturated heterocycles. The number of rotatable bonds is 3. The van der Waals surface area contributed by atoms with Crippen molar-refractivity contribution in [2.75, 3.05) is 7.11 Å². The third-order valence-electron chi connectivity index (χ3n) is 2.00. The number of carbonyl (C=O) groups excluding carboxylic acids is 1. The fraction of sp³-hybridized carbons (Fsp3) is 0.182. The molecule has 20 heavy (non-hydrogen) atoms. The molecule has 0 spiro atoms. The van der Waals surface area contributed by atoms with Crippen LogP contribution in [0.1, 0.15) is 15.2 Å². The van der Waals surface area contributed by atoms with Crippen molar-refractivity contribution < 1.29 is 13.9 Å². The molecule has 108 valence electrons. The van der Waals surface area contributed by atoms with E-state index < -0.39 is 5.82 Å². The minimum atomic E-state index is -0.397. The number of nitrogens with two attached hydrogens (primary N) is 1. The van der Waals surface area contributed by atoms with Crippen LogP contribution in [0.4, 0.5) is 4.39 Å². The second-order valence-electron chi connectivity index (χ2n) is 3.27. The number of hydrogen-bond donors (Lipinski definition) is 1. The highest BCUT2D eigenvalue weighted by Crippen LogP contribution is 2.24. The number of hydrogen-bond acceptors (Lipinski definition) is 6. The number of halogens is 3. The van der Waals surface area contributed by atoms with Gasteiger partial charge in [-0.1, -0.05) is 34.5 Å². The second-order valence-corrected chi connectivity index (χ2v) is 5.24. The first-order chi connectivity index (χ1) is 9.51. The SMILES string of the molecule is COc1ncc(F)cc1CN.O=Cc1sc(Cl)nc1Cl. The summed E-state index contributed by atoms with van der Waals surface area (Å²) in [5, 5.41) is 0.181. The number of thiazole rings is 1. The van der Waals surface area contributed by atoms with Crippen LogP contribution >= 0.6 is 34.5 Å². The highest BCUT2D eigenvalue weighted by Gasteiger charge is 2.04. The Kier molecular flexibility index (Phi) is 6.80. The topological polar surface area (TPSA) is 78.1 Å². The normalized spacial score (nSPS) is 9.65. The molecule has 0 atom stereocenters. The number of pyridine rings is 1. The lowest BCUT2D eigenvalue weighted by Gasteiger charge is -2.03. The fourth-order valence-electron chi connectivity index (χ4n) is 1.16. The summed E-state index contributed by atoms with van der Waals surface area (Å²) in [5.41, 5.74) is 5.88. The zero-order valence-electron chi connectivity index (χ0n) is 10.3. The van der Waals surface area contributed by atoms with Crippen molar-refractivity contribution in [2.24, 2.45) is 5.73 Å². The van der Waals surface area contributed by atoms with Gasteiger partial charge in [0.2, 0.25) is 5.88 Å². The van der Waals surface area contributed by atoms with Crippen molar-refractivity contribution in [1.82, 2.24) is 9.97 Å². The molecule has 0 saturated carbocycles. The second kappa shape index (κ2) is 8.11. The lowest BCUT2D eigenvalue weighted by Crippen LogP contribution is -2.02. The monoisotopic (exact) mass is 337 g/mol. The Bertz CT molecular complexity index is 595. The average Bonchev–Trinajstić information content (AvgIpc) is 2.77. The summed E-state index contributed by atoms with van der Waals surface area (Å²) in [4.78, 5) is 17.7. The van der Waals surface area contributed by atoms with E-state index >= 15 is 0 Å². The van der Waals surface area contributed by atoms with E-state index in [1.807, 2.05) is 0 Å². The van der Waals surface area contributed by atoms with Crippen LogP contribution in [0.25, 0.3) is 0 Å². The summed E-state index contributed by atoms with van der Waals surface area (Å²) in [5.74, 6) is -0.0137. The minimum Gasteiger partial charge on any atom is -0.481 e. The van der Waals surface area contributed by atoms with E-state index in [2.05, 4.69) is 9.97 Å². The van der Waals surface area contributed by atoms with Crippen LogP contribution in [-0.2, 0) is 6.54 Å². The molecular formula is C11H10Cl2FN3O2S. The molecule has 0 radical (unpaired) electrons. The van der Waals surface area contributed by atoms with Crippen LogP contribution in [0.5, 0.6) is 5.88 Å². The van der Waals surface area contributed by atoms with Gasteiger partial charge in [-0.2, -0.15) is 0 Å². The third-order valence-corrected chi connectivity index (χ3v) is 3.48. The Morgan fingerprint density at radius 2 is 2.25 bits per heavy atom. The average molecular weight is 338 g/mol. The first kappa shape index (κ1) is 16.8. The Morgan fingerprint density at radius 1 is 1.55 bits per heavy atom. The third kappa shape index (κ3) is 4.68. The molecule has 0 aliphatic heterocycles. The molecule has 2 aromatic heterocycles. The van der Waals surface area contributed by atoms with E-state index in [9.17, 15) is 9.18 Å². The lowest BCUT2D eigenvalue weighted by atomic mass is 10.3. The summed E-state index contributed by atoms with van der Waals surface area (Å²) in [6.45, 7) is 0.230. The zero-order chi connectivity index (χ0) is 15.1. The summed E-state index contributed by atoms with van der Waals surface area (Å²) in [7, 11) is 1.47. The summed E-state index contributed by atoms with van der Waals surface area (Å²) >= 11 is 11.9. The molecule has 2 aromatic rings. The maximum Gasteiger partial charge on any atom is 0.217 e. The number of aromatic nitrogens is 2. The number of ether oxygens (including phenoxy) is 1.